The molecule has 2 aromatic carbocycles. The monoisotopic (exact) mass is 442 g/mol. The molecule has 31 heavy (non-hydrogen) atoms. The lowest BCUT2D eigenvalue weighted by atomic mass is 9.87. The van der Waals surface area contributed by atoms with Gasteiger partial charge < -0.3 is 16.2 Å². The van der Waals surface area contributed by atoms with E-state index >= 15 is 0 Å². The molecule has 1 saturated carbocycles. The highest BCUT2D eigenvalue weighted by atomic mass is 32.2. The molecule has 2 aliphatic rings. The minimum Gasteiger partial charge on any atom is -0.497 e. The third-order valence-electron chi connectivity index (χ3n) is 5.58. The van der Waals surface area contributed by atoms with Crippen LogP contribution in [0, 0.1) is 0 Å². The van der Waals surface area contributed by atoms with Crippen molar-refractivity contribution in [2.75, 3.05) is 16.7 Å². The summed E-state index contributed by atoms with van der Waals surface area (Å²) in [6.07, 6.45) is 4.62. The highest BCUT2D eigenvalue weighted by Gasteiger charge is 2.42. The highest BCUT2D eigenvalue weighted by molar-refractivity contribution is 7.92. The second kappa shape index (κ2) is 8.10. The fourth-order valence-electron chi connectivity index (χ4n) is 4.16. The zero-order valence-electron chi connectivity index (χ0n) is 17.3. The molecule has 5 N–H and O–H groups in total. The van der Waals surface area contributed by atoms with Gasteiger partial charge in [0.2, 0.25) is 11.9 Å². The van der Waals surface area contributed by atoms with Gasteiger partial charge >= 0.3 is 0 Å². The van der Waals surface area contributed by atoms with E-state index in [-0.39, 0.29) is 16.8 Å². The Balaban J connectivity index is 1.67. The van der Waals surface area contributed by atoms with Crippen LogP contribution in [0.25, 0.3) is 0 Å². The summed E-state index contributed by atoms with van der Waals surface area (Å²) < 4.78 is 33.8. The van der Waals surface area contributed by atoms with Crippen molar-refractivity contribution in [2.45, 2.75) is 42.7 Å². The van der Waals surface area contributed by atoms with Gasteiger partial charge in [0.15, 0.2) is 0 Å². The van der Waals surface area contributed by atoms with Crippen molar-refractivity contribution in [1.82, 2.24) is 0 Å². The molecule has 0 bridgehead atoms. The number of nitrogens with zero attached hydrogens (tertiary/aromatic N) is 3. The molecule has 1 fully saturated rings. The summed E-state index contributed by atoms with van der Waals surface area (Å²) >= 11 is 0. The van der Waals surface area contributed by atoms with E-state index in [1.807, 2.05) is 11.0 Å². The van der Waals surface area contributed by atoms with Gasteiger partial charge in [0.1, 0.15) is 11.4 Å². The number of sulfonamides is 1. The van der Waals surface area contributed by atoms with Gasteiger partial charge in [0.05, 0.1) is 12.0 Å². The molecule has 0 amide bonds. The van der Waals surface area contributed by atoms with E-state index in [0.717, 1.165) is 32.1 Å². The number of methoxy groups -OCH3 is 1. The first-order chi connectivity index (χ1) is 14.8. The zero-order valence-corrected chi connectivity index (χ0v) is 18.1. The van der Waals surface area contributed by atoms with Crippen LogP contribution in [0.5, 0.6) is 5.75 Å². The number of nitrogens with one attached hydrogen (secondary N) is 1. The van der Waals surface area contributed by atoms with Crippen LogP contribution < -0.4 is 25.8 Å². The molecule has 4 rings (SSSR count). The number of benzene rings is 2. The molecular weight excluding hydrogens is 416 g/mol. The molecule has 0 saturated heterocycles. The maximum atomic E-state index is 13.0. The Morgan fingerprint density at radius 1 is 1.06 bits per heavy atom. The van der Waals surface area contributed by atoms with Crippen LogP contribution >= 0.6 is 0 Å². The van der Waals surface area contributed by atoms with Crippen LogP contribution in [-0.4, -0.2) is 33.1 Å². The third-order valence-corrected chi connectivity index (χ3v) is 6.96. The maximum Gasteiger partial charge on any atom is 0.261 e. The Kier molecular flexibility index (Phi) is 5.48. The number of hydrogen-bond acceptors (Lipinski definition) is 8. The minimum atomic E-state index is -3.82. The molecule has 0 atom stereocenters. The van der Waals surface area contributed by atoms with Gasteiger partial charge in [-0.15, -0.1) is 0 Å². The number of hydrogen-bond donors (Lipinski definition) is 3. The molecule has 2 aromatic rings. The molecule has 1 spiro atoms. The van der Waals surface area contributed by atoms with Crippen LogP contribution in [0.15, 0.2) is 63.4 Å². The van der Waals surface area contributed by atoms with E-state index in [1.165, 1.54) is 6.07 Å². The fraction of sp³-hybridized carbons (Fsp3) is 0.333. The van der Waals surface area contributed by atoms with E-state index in [4.69, 9.17) is 16.2 Å². The summed E-state index contributed by atoms with van der Waals surface area (Å²) in [4.78, 5) is 10.7. The van der Waals surface area contributed by atoms with Crippen molar-refractivity contribution in [1.29, 1.82) is 0 Å². The molecule has 0 aromatic heterocycles. The second-order valence-electron chi connectivity index (χ2n) is 7.65. The first-order valence-corrected chi connectivity index (χ1v) is 11.6. The second-order valence-corrected chi connectivity index (χ2v) is 9.33. The molecular formula is C21H26N6O3S. The average Bonchev–Trinajstić information content (AvgIpc) is 2.74. The molecule has 1 aliphatic heterocycles. The summed E-state index contributed by atoms with van der Waals surface area (Å²) in [5.41, 5.74) is 12.6. The quantitative estimate of drug-likeness (QED) is 0.651. The van der Waals surface area contributed by atoms with Gasteiger partial charge in [-0.2, -0.15) is 4.99 Å². The highest BCUT2D eigenvalue weighted by Crippen LogP contribution is 2.40. The van der Waals surface area contributed by atoms with E-state index in [1.54, 1.807) is 43.5 Å². The van der Waals surface area contributed by atoms with Crippen LogP contribution in [0.3, 0.4) is 0 Å². The summed E-state index contributed by atoms with van der Waals surface area (Å²) in [6.45, 7) is 0. The van der Waals surface area contributed by atoms with Crippen molar-refractivity contribution in [3.63, 3.8) is 0 Å². The molecule has 0 radical (unpaired) electrons. The summed E-state index contributed by atoms with van der Waals surface area (Å²) in [5.74, 6) is 1.01. The van der Waals surface area contributed by atoms with Crippen molar-refractivity contribution in [2.24, 2.45) is 21.5 Å². The van der Waals surface area contributed by atoms with E-state index in [9.17, 15) is 8.42 Å². The maximum absolute atomic E-state index is 13.0. The normalized spacial score (nSPS) is 18.3. The van der Waals surface area contributed by atoms with Gasteiger partial charge in [-0.3, -0.25) is 9.62 Å². The lowest BCUT2D eigenvalue weighted by Crippen LogP contribution is -2.58. The zero-order chi connectivity index (χ0) is 22.1. The van der Waals surface area contributed by atoms with Crippen LogP contribution in [0.4, 0.5) is 11.4 Å². The number of aliphatic imine (C=N–C) groups is 2. The number of anilines is 2. The summed E-state index contributed by atoms with van der Waals surface area (Å²) in [6, 6.07) is 13.3. The van der Waals surface area contributed by atoms with Crippen molar-refractivity contribution < 1.29 is 13.2 Å². The average molecular weight is 443 g/mol. The van der Waals surface area contributed by atoms with E-state index in [2.05, 4.69) is 14.7 Å². The Hall–Kier alpha value is -3.27. The Morgan fingerprint density at radius 2 is 1.77 bits per heavy atom. The van der Waals surface area contributed by atoms with Gasteiger partial charge in [0.25, 0.3) is 10.0 Å². The molecule has 0 unspecified atom stereocenters. The molecule has 164 valence electrons. The Bertz CT molecular complexity index is 1120. The first-order valence-electron chi connectivity index (χ1n) is 10.1. The first kappa shape index (κ1) is 21.0. The Morgan fingerprint density at radius 3 is 2.45 bits per heavy atom. The number of ether oxygens (including phenoxy) is 1. The molecule has 1 heterocycles. The van der Waals surface area contributed by atoms with Crippen LogP contribution in [0.2, 0.25) is 0 Å². The SMILES string of the molecule is COc1ccc(NS(=O)(=O)c2cccc(N3C(N)=NC(N)=NC34CCCCC4)c2)cc1. The largest absolute Gasteiger partial charge is 0.497 e. The summed E-state index contributed by atoms with van der Waals surface area (Å²) in [5, 5.41) is 0. The topological polar surface area (TPSA) is 135 Å². The lowest BCUT2D eigenvalue weighted by molar-refractivity contribution is 0.305. The standard InChI is InChI=1S/C21H26N6O3S/c1-30-17-10-8-15(9-11-17)26-31(28,29)18-7-5-6-16(14-18)27-20(23)24-19(22)25-21(27)12-3-2-4-13-21/h5-11,14,26H,2-4,12-13H2,1H3,(H4,22,23,24,25). The van der Waals surface area contributed by atoms with Gasteiger partial charge in [-0.25, -0.2) is 13.4 Å². The number of guanidine groups is 2. The molecule has 1 aliphatic carbocycles. The van der Waals surface area contributed by atoms with E-state index < -0.39 is 15.7 Å². The van der Waals surface area contributed by atoms with Crippen molar-refractivity contribution in [3.8, 4) is 5.75 Å². The van der Waals surface area contributed by atoms with Gasteiger partial charge in [-0.05, 0) is 68.1 Å². The molecule has 9 nitrogen and oxygen atoms in total. The number of rotatable bonds is 5. The van der Waals surface area contributed by atoms with Crippen molar-refractivity contribution >= 4 is 33.3 Å². The fourth-order valence-corrected chi connectivity index (χ4v) is 5.26. The van der Waals surface area contributed by atoms with Crippen molar-refractivity contribution in [3.05, 3.63) is 48.5 Å². The Labute approximate surface area is 181 Å². The van der Waals surface area contributed by atoms with Crippen LogP contribution in [-0.2, 0) is 10.0 Å². The van der Waals surface area contributed by atoms with Gasteiger partial charge in [-0.1, -0.05) is 12.5 Å². The third kappa shape index (κ3) is 4.15. The number of nitrogens with two attached hydrogens (primary N) is 2. The summed E-state index contributed by atoms with van der Waals surface area (Å²) in [7, 11) is -2.27. The van der Waals surface area contributed by atoms with Gasteiger partial charge in [0, 0.05) is 11.4 Å². The van der Waals surface area contributed by atoms with Crippen LogP contribution in [0.1, 0.15) is 32.1 Å². The van der Waals surface area contributed by atoms with E-state index in [0.29, 0.717) is 17.1 Å². The molecule has 10 heteroatoms. The predicted octanol–water partition coefficient (Wildman–Crippen LogP) is 2.61. The smallest absolute Gasteiger partial charge is 0.261 e. The lowest BCUT2D eigenvalue weighted by Gasteiger charge is -2.45. The minimum absolute atomic E-state index is 0.113. The predicted molar refractivity (Wildman–Crippen MR) is 122 cm³/mol.